The number of carbonyl (C=O) groups is 1. The summed E-state index contributed by atoms with van der Waals surface area (Å²) >= 11 is 3.41. The smallest absolute Gasteiger partial charge is 0.239 e. The number of primary amides is 1. The Labute approximate surface area is 123 Å². The second-order valence-electron chi connectivity index (χ2n) is 5.45. The first-order chi connectivity index (χ1) is 9.08. The van der Waals surface area contributed by atoms with Gasteiger partial charge in [-0.25, -0.2) is 0 Å². The highest BCUT2D eigenvalue weighted by Crippen LogP contribution is 2.28. The van der Waals surface area contributed by atoms with Crippen LogP contribution in [0.2, 0.25) is 0 Å². The van der Waals surface area contributed by atoms with Crippen molar-refractivity contribution in [2.24, 2.45) is 11.7 Å². The lowest BCUT2D eigenvalue weighted by atomic mass is 10.0. The van der Waals surface area contributed by atoms with Crippen molar-refractivity contribution < 1.29 is 4.79 Å². The normalized spacial score (nSPS) is 17.8. The third-order valence-corrected chi connectivity index (χ3v) is 4.45. The SMILES string of the molecule is CN(CC1CCCC1)C(C(N)=O)c1ccc(Br)cc1. The summed E-state index contributed by atoms with van der Waals surface area (Å²) in [7, 11) is 2.00. The van der Waals surface area contributed by atoms with Crippen molar-refractivity contribution in [3.63, 3.8) is 0 Å². The topological polar surface area (TPSA) is 46.3 Å². The molecule has 1 aliphatic rings. The van der Waals surface area contributed by atoms with E-state index in [0.717, 1.165) is 16.6 Å². The first kappa shape index (κ1) is 14.5. The summed E-state index contributed by atoms with van der Waals surface area (Å²) in [5, 5.41) is 0. The van der Waals surface area contributed by atoms with Gasteiger partial charge in [0.05, 0.1) is 0 Å². The Kier molecular flexibility index (Phi) is 4.99. The van der Waals surface area contributed by atoms with E-state index in [9.17, 15) is 4.79 Å². The van der Waals surface area contributed by atoms with Crippen LogP contribution in [0.15, 0.2) is 28.7 Å². The highest BCUT2D eigenvalue weighted by molar-refractivity contribution is 9.10. The zero-order valence-corrected chi connectivity index (χ0v) is 12.9. The Balaban J connectivity index is 2.10. The van der Waals surface area contributed by atoms with Crippen LogP contribution in [0.25, 0.3) is 0 Å². The van der Waals surface area contributed by atoms with Crippen LogP contribution >= 0.6 is 15.9 Å². The van der Waals surface area contributed by atoms with Gasteiger partial charge in [-0.2, -0.15) is 0 Å². The summed E-state index contributed by atoms with van der Waals surface area (Å²) in [5.41, 5.74) is 6.56. The molecule has 1 fully saturated rings. The van der Waals surface area contributed by atoms with Crippen LogP contribution in [0.5, 0.6) is 0 Å². The predicted octanol–water partition coefficient (Wildman–Crippen LogP) is 3.10. The van der Waals surface area contributed by atoms with E-state index in [1.54, 1.807) is 0 Å². The number of amides is 1. The number of nitrogens with two attached hydrogens (primary N) is 1. The maximum absolute atomic E-state index is 11.8. The summed E-state index contributed by atoms with van der Waals surface area (Å²) in [6.45, 7) is 0.948. The molecule has 0 radical (unpaired) electrons. The molecule has 19 heavy (non-hydrogen) atoms. The first-order valence-corrected chi connectivity index (χ1v) is 7.62. The zero-order chi connectivity index (χ0) is 13.8. The monoisotopic (exact) mass is 324 g/mol. The van der Waals surface area contributed by atoms with Crippen LogP contribution in [-0.4, -0.2) is 24.4 Å². The Hall–Kier alpha value is -0.870. The number of benzene rings is 1. The second-order valence-corrected chi connectivity index (χ2v) is 6.36. The minimum absolute atomic E-state index is 0.275. The molecule has 4 heteroatoms. The lowest BCUT2D eigenvalue weighted by molar-refractivity contribution is -0.123. The summed E-state index contributed by atoms with van der Waals surface area (Å²) < 4.78 is 1.01. The van der Waals surface area contributed by atoms with E-state index in [1.807, 2.05) is 31.3 Å². The number of rotatable bonds is 5. The van der Waals surface area contributed by atoms with Crippen molar-refractivity contribution in [3.8, 4) is 0 Å². The Morgan fingerprint density at radius 3 is 2.47 bits per heavy atom. The van der Waals surface area contributed by atoms with Crippen LogP contribution in [0.4, 0.5) is 0 Å². The molecule has 2 rings (SSSR count). The van der Waals surface area contributed by atoms with E-state index in [2.05, 4.69) is 20.8 Å². The third-order valence-electron chi connectivity index (χ3n) is 3.92. The molecular formula is C15H21BrN2O. The van der Waals surface area contributed by atoms with Gasteiger partial charge in [-0.3, -0.25) is 9.69 Å². The number of nitrogens with zero attached hydrogens (tertiary/aromatic N) is 1. The largest absolute Gasteiger partial charge is 0.368 e. The Bertz CT molecular complexity index is 426. The zero-order valence-electron chi connectivity index (χ0n) is 11.3. The molecule has 0 aromatic heterocycles. The van der Waals surface area contributed by atoms with Gasteiger partial charge in [0.1, 0.15) is 6.04 Å². The average Bonchev–Trinajstić information content (AvgIpc) is 2.84. The van der Waals surface area contributed by atoms with Crippen LogP contribution in [0.3, 0.4) is 0 Å². The van der Waals surface area contributed by atoms with E-state index in [-0.39, 0.29) is 11.9 Å². The van der Waals surface area contributed by atoms with E-state index >= 15 is 0 Å². The number of likely N-dealkylation sites (N-methyl/N-ethyl adjacent to an activating group) is 1. The van der Waals surface area contributed by atoms with Gasteiger partial charge in [0.15, 0.2) is 0 Å². The highest BCUT2D eigenvalue weighted by atomic mass is 79.9. The van der Waals surface area contributed by atoms with Crippen molar-refractivity contribution in [3.05, 3.63) is 34.3 Å². The molecule has 1 saturated carbocycles. The summed E-state index contributed by atoms with van der Waals surface area (Å²) in [6, 6.07) is 7.51. The van der Waals surface area contributed by atoms with Crippen LogP contribution in [0, 0.1) is 5.92 Å². The fourth-order valence-electron chi connectivity index (χ4n) is 2.99. The fourth-order valence-corrected chi connectivity index (χ4v) is 3.25. The summed E-state index contributed by atoms with van der Waals surface area (Å²) in [6.07, 6.45) is 5.18. The number of halogens is 1. The quantitative estimate of drug-likeness (QED) is 0.904. The molecule has 104 valence electrons. The van der Waals surface area contributed by atoms with E-state index in [1.165, 1.54) is 25.7 Å². The molecule has 0 saturated heterocycles. The van der Waals surface area contributed by atoms with Gasteiger partial charge >= 0.3 is 0 Å². The molecule has 0 heterocycles. The molecule has 0 aliphatic heterocycles. The molecule has 0 spiro atoms. The molecule has 1 aliphatic carbocycles. The van der Waals surface area contributed by atoms with Gasteiger partial charge in [0.2, 0.25) is 5.91 Å². The average molecular weight is 325 g/mol. The molecule has 1 unspecified atom stereocenters. The molecule has 1 aromatic rings. The van der Waals surface area contributed by atoms with Gasteiger partial charge < -0.3 is 5.73 Å². The molecule has 0 bridgehead atoms. The van der Waals surface area contributed by atoms with Crippen molar-refractivity contribution in [1.29, 1.82) is 0 Å². The Morgan fingerprint density at radius 1 is 1.37 bits per heavy atom. The first-order valence-electron chi connectivity index (χ1n) is 6.83. The highest BCUT2D eigenvalue weighted by Gasteiger charge is 2.26. The number of hydrogen-bond acceptors (Lipinski definition) is 2. The van der Waals surface area contributed by atoms with E-state index in [4.69, 9.17) is 5.73 Å². The van der Waals surface area contributed by atoms with Crippen molar-refractivity contribution in [1.82, 2.24) is 4.90 Å². The maximum Gasteiger partial charge on any atom is 0.239 e. The lowest BCUT2D eigenvalue weighted by Crippen LogP contribution is -2.37. The van der Waals surface area contributed by atoms with Crippen molar-refractivity contribution in [2.75, 3.05) is 13.6 Å². The number of carbonyl (C=O) groups excluding carboxylic acids is 1. The van der Waals surface area contributed by atoms with Gasteiger partial charge in [0.25, 0.3) is 0 Å². The van der Waals surface area contributed by atoms with Crippen LogP contribution in [-0.2, 0) is 4.79 Å². The molecule has 1 atom stereocenters. The summed E-state index contributed by atoms with van der Waals surface area (Å²) in [4.78, 5) is 13.9. The van der Waals surface area contributed by atoms with E-state index < -0.39 is 0 Å². The molecule has 1 amide bonds. The van der Waals surface area contributed by atoms with Crippen molar-refractivity contribution in [2.45, 2.75) is 31.7 Å². The van der Waals surface area contributed by atoms with Gasteiger partial charge in [0, 0.05) is 11.0 Å². The minimum atomic E-state index is -0.325. The molecule has 3 nitrogen and oxygen atoms in total. The lowest BCUT2D eigenvalue weighted by Gasteiger charge is -2.28. The van der Waals surface area contributed by atoms with E-state index in [0.29, 0.717) is 5.92 Å². The van der Waals surface area contributed by atoms with Crippen molar-refractivity contribution >= 4 is 21.8 Å². The predicted molar refractivity (Wildman–Crippen MR) is 80.7 cm³/mol. The minimum Gasteiger partial charge on any atom is -0.368 e. The fraction of sp³-hybridized carbons (Fsp3) is 0.533. The van der Waals surface area contributed by atoms with Crippen LogP contribution in [0.1, 0.15) is 37.3 Å². The summed E-state index contributed by atoms with van der Waals surface area (Å²) in [5.74, 6) is 0.435. The molecular weight excluding hydrogens is 304 g/mol. The second kappa shape index (κ2) is 6.53. The Morgan fingerprint density at radius 2 is 1.95 bits per heavy atom. The standard InChI is InChI=1S/C15H21BrN2O/c1-18(10-11-4-2-3-5-11)14(15(17)19)12-6-8-13(16)9-7-12/h6-9,11,14H,2-5,10H2,1H3,(H2,17,19). The molecule has 2 N–H and O–H groups in total. The van der Waals surface area contributed by atoms with Gasteiger partial charge in [-0.15, -0.1) is 0 Å². The van der Waals surface area contributed by atoms with Gasteiger partial charge in [-0.05, 0) is 43.5 Å². The van der Waals surface area contributed by atoms with Gasteiger partial charge in [-0.1, -0.05) is 40.9 Å². The number of hydrogen-bond donors (Lipinski definition) is 1. The van der Waals surface area contributed by atoms with Crippen LogP contribution < -0.4 is 5.73 Å². The molecule has 1 aromatic carbocycles. The maximum atomic E-state index is 11.8. The third kappa shape index (κ3) is 3.80.